The molecule has 0 fully saturated rings. The van der Waals surface area contributed by atoms with Gasteiger partial charge in [-0.25, -0.2) is 0 Å². The second kappa shape index (κ2) is 3.94. The first kappa shape index (κ1) is 10.0. The minimum Gasteiger partial charge on any atom is -0.453 e. The summed E-state index contributed by atoms with van der Waals surface area (Å²) in [6.07, 6.45) is 0.568. The van der Waals surface area contributed by atoms with Gasteiger partial charge in [-0.15, -0.1) is 11.6 Å². The number of alkyl halides is 1. The van der Waals surface area contributed by atoms with E-state index in [0.29, 0.717) is 18.1 Å². The Labute approximate surface area is 90.7 Å². The van der Waals surface area contributed by atoms with E-state index in [1.165, 1.54) is 6.07 Å². The summed E-state index contributed by atoms with van der Waals surface area (Å²) in [5.41, 5.74) is 0.714. The first-order chi connectivity index (χ1) is 7.22. The lowest BCUT2D eigenvalue weighted by Crippen LogP contribution is -1.95. The van der Waals surface area contributed by atoms with Gasteiger partial charge in [0.2, 0.25) is 12.5 Å². The second-order valence-corrected chi connectivity index (χ2v) is 3.42. The van der Waals surface area contributed by atoms with Crippen molar-refractivity contribution in [2.75, 3.05) is 12.7 Å². The average Bonchev–Trinajstić information content (AvgIpc) is 2.64. The van der Waals surface area contributed by atoms with E-state index >= 15 is 0 Å². The summed E-state index contributed by atoms with van der Waals surface area (Å²) in [5.74, 6) is 1.04. The number of ether oxygens (including phenoxy) is 2. The summed E-state index contributed by atoms with van der Waals surface area (Å²) in [4.78, 5) is 10.3. The van der Waals surface area contributed by atoms with Crippen LogP contribution < -0.4 is 9.47 Å². The molecule has 1 aliphatic heterocycles. The zero-order valence-corrected chi connectivity index (χ0v) is 8.49. The first-order valence-electron chi connectivity index (χ1n) is 4.35. The Morgan fingerprint density at radius 2 is 2.27 bits per heavy atom. The van der Waals surface area contributed by atoms with Crippen molar-refractivity contribution in [3.8, 4) is 11.5 Å². The van der Waals surface area contributed by atoms with Crippen molar-refractivity contribution < 1.29 is 14.4 Å². The van der Waals surface area contributed by atoms with Crippen molar-refractivity contribution in [3.05, 3.63) is 27.8 Å². The third-order valence-electron chi connectivity index (χ3n) is 2.09. The van der Waals surface area contributed by atoms with Crippen molar-refractivity contribution in [1.29, 1.82) is 0 Å². The molecule has 0 saturated carbocycles. The largest absolute Gasteiger partial charge is 0.453 e. The van der Waals surface area contributed by atoms with E-state index in [-0.39, 0.29) is 18.2 Å². The number of hydrogen-bond acceptors (Lipinski definition) is 4. The summed E-state index contributed by atoms with van der Waals surface area (Å²) in [7, 11) is 0. The van der Waals surface area contributed by atoms with E-state index in [2.05, 4.69) is 0 Å². The second-order valence-electron chi connectivity index (χ2n) is 3.04. The maximum atomic E-state index is 10.8. The van der Waals surface area contributed by atoms with Gasteiger partial charge in [0.1, 0.15) is 0 Å². The van der Waals surface area contributed by atoms with E-state index in [1.54, 1.807) is 6.07 Å². The molecule has 0 bridgehead atoms. The molecular weight excluding hydrogens is 222 g/mol. The number of fused-ring (bicyclic) bond motifs is 1. The fourth-order valence-electron chi connectivity index (χ4n) is 1.44. The molecule has 1 aromatic carbocycles. The molecule has 1 aliphatic rings. The Bertz CT molecular complexity index is 407. The van der Waals surface area contributed by atoms with Crippen LogP contribution in [0.1, 0.15) is 5.56 Å². The molecule has 2 rings (SSSR count). The standard InChI is InChI=1S/C9H8ClNO4/c10-2-1-6-3-7(11(12)13)9-8(4-6)14-5-15-9/h3-4H,1-2,5H2. The van der Waals surface area contributed by atoms with Crippen LogP contribution in [0.25, 0.3) is 0 Å². The predicted molar refractivity (Wildman–Crippen MR) is 53.6 cm³/mol. The third kappa shape index (κ3) is 1.83. The minimum atomic E-state index is -0.481. The van der Waals surface area contributed by atoms with E-state index in [0.717, 1.165) is 5.56 Å². The topological polar surface area (TPSA) is 61.6 Å². The number of benzene rings is 1. The normalized spacial score (nSPS) is 12.9. The summed E-state index contributed by atoms with van der Waals surface area (Å²) >= 11 is 5.58. The lowest BCUT2D eigenvalue weighted by atomic mass is 10.1. The van der Waals surface area contributed by atoms with Crippen molar-refractivity contribution >= 4 is 17.3 Å². The van der Waals surface area contributed by atoms with Gasteiger partial charge < -0.3 is 9.47 Å². The minimum absolute atomic E-state index is 0.0283. The zero-order valence-electron chi connectivity index (χ0n) is 7.73. The van der Waals surface area contributed by atoms with Crippen molar-refractivity contribution in [2.24, 2.45) is 0 Å². The molecule has 15 heavy (non-hydrogen) atoms. The average molecular weight is 230 g/mol. The van der Waals surface area contributed by atoms with Crippen molar-refractivity contribution in [1.82, 2.24) is 0 Å². The smallest absolute Gasteiger partial charge is 0.315 e. The molecule has 0 saturated heterocycles. The van der Waals surface area contributed by atoms with Crippen LogP contribution in [0.2, 0.25) is 0 Å². The van der Waals surface area contributed by atoms with Crippen molar-refractivity contribution in [3.63, 3.8) is 0 Å². The fourth-order valence-corrected chi connectivity index (χ4v) is 1.65. The molecular formula is C9H8ClNO4. The van der Waals surface area contributed by atoms with Crippen LogP contribution in [-0.2, 0) is 6.42 Å². The van der Waals surface area contributed by atoms with Gasteiger partial charge >= 0.3 is 5.69 Å². The lowest BCUT2D eigenvalue weighted by molar-refractivity contribution is -0.385. The lowest BCUT2D eigenvalue weighted by Gasteiger charge is -2.01. The van der Waals surface area contributed by atoms with Gasteiger partial charge in [-0.05, 0) is 18.1 Å². The molecule has 0 atom stereocenters. The number of halogens is 1. The molecule has 0 aliphatic carbocycles. The fraction of sp³-hybridized carbons (Fsp3) is 0.333. The molecule has 0 unspecified atom stereocenters. The third-order valence-corrected chi connectivity index (χ3v) is 2.28. The Hall–Kier alpha value is -1.49. The Balaban J connectivity index is 2.47. The number of nitro groups is 1. The molecule has 5 nitrogen and oxygen atoms in total. The number of hydrogen-bond donors (Lipinski definition) is 0. The van der Waals surface area contributed by atoms with Gasteiger partial charge in [-0.1, -0.05) is 0 Å². The van der Waals surface area contributed by atoms with Crippen LogP contribution in [0.4, 0.5) is 5.69 Å². The Kier molecular flexibility index (Phi) is 2.64. The summed E-state index contributed by atoms with van der Waals surface area (Å²) in [6.45, 7) is 0.0283. The van der Waals surface area contributed by atoms with Gasteiger partial charge in [0.15, 0.2) is 5.75 Å². The van der Waals surface area contributed by atoms with E-state index in [9.17, 15) is 10.1 Å². The van der Waals surface area contributed by atoms with Crippen molar-refractivity contribution in [2.45, 2.75) is 6.42 Å². The summed E-state index contributed by atoms with van der Waals surface area (Å²) in [6, 6.07) is 3.19. The van der Waals surface area contributed by atoms with Crippen LogP contribution in [0, 0.1) is 10.1 Å². The van der Waals surface area contributed by atoms with Crippen LogP contribution in [0.15, 0.2) is 12.1 Å². The highest BCUT2D eigenvalue weighted by molar-refractivity contribution is 6.18. The highest BCUT2D eigenvalue weighted by Crippen LogP contribution is 2.41. The molecule has 0 radical (unpaired) electrons. The maximum absolute atomic E-state index is 10.8. The Morgan fingerprint density at radius 3 is 2.93 bits per heavy atom. The number of rotatable bonds is 3. The highest BCUT2D eigenvalue weighted by Gasteiger charge is 2.26. The van der Waals surface area contributed by atoms with Crippen LogP contribution in [0.5, 0.6) is 11.5 Å². The Morgan fingerprint density at radius 1 is 1.47 bits per heavy atom. The van der Waals surface area contributed by atoms with Gasteiger partial charge in [-0.3, -0.25) is 10.1 Å². The predicted octanol–water partition coefficient (Wildman–Crippen LogP) is 2.10. The molecule has 80 valence electrons. The van der Waals surface area contributed by atoms with E-state index in [4.69, 9.17) is 21.1 Å². The number of nitro benzene ring substituents is 1. The SMILES string of the molecule is O=[N+]([O-])c1cc(CCCl)cc2c1OCO2. The van der Waals surface area contributed by atoms with Gasteiger partial charge in [0.05, 0.1) is 4.92 Å². The van der Waals surface area contributed by atoms with E-state index in [1.807, 2.05) is 0 Å². The zero-order chi connectivity index (χ0) is 10.8. The molecule has 0 spiro atoms. The molecule has 0 aromatic heterocycles. The number of aryl methyl sites for hydroxylation is 1. The van der Waals surface area contributed by atoms with Crippen LogP contribution in [-0.4, -0.2) is 17.6 Å². The first-order valence-corrected chi connectivity index (χ1v) is 4.88. The van der Waals surface area contributed by atoms with Gasteiger partial charge in [0, 0.05) is 11.9 Å². The quantitative estimate of drug-likeness (QED) is 0.452. The van der Waals surface area contributed by atoms with Crippen LogP contribution in [0.3, 0.4) is 0 Å². The van der Waals surface area contributed by atoms with Gasteiger partial charge in [-0.2, -0.15) is 0 Å². The summed E-state index contributed by atoms with van der Waals surface area (Å²) < 4.78 is 10.1. The number of nitrogens with zero attached hydrogens (tertiary/aromatic N) is 1. The summed E-state index contributed by atoms with van der Waals surface area (Å²) in [5, 5.41) is 10.8. The molecule has 6 heteroatoms. The van der Waals surface area contributed by atoms with E-state index < -0.39 is 4.92 Å². The monoisotopic (exact) mass is 229 g/mol. The molecule has 0 amide bonds. The maximum Gasteiger partial charge on any atom is 0.315 e. The highest BCUT2D eigenvalue weighted by atomic mass is 35.5. The van der Waals surface area contributed by atoms with Gasteiger partial charge in [0.25, 0.3) is 0 Å². The molecule has 0 N–H and O–H groups in total. The molecule has 1 heterocycles. The molecule has 1 aromatic rings. The van der Waals surface area contributed by atoms with Crippen LogP contribution >= 0.6 is 11.6 Å².